The molecule has 4 aliphatic heterocycles. The van der Waals surface area contributed by atoms with Crippen LogP contribution < -0.4 is 4.74 Å². The van der Waals surface area contributed by atoms with Crippen molar-refractivity contribution in [1.29, 1.82) is 0 Å². The second-order valence-corrected chi connectivity index (χ2v) is 9.25. The van der Waals surface area contributed by atoms with Gasteiger partial charge in [0.2, 0.25) is 0 Å². The topological polar surface area (TPSA) is 21.7 Å². The highest BCUT2D eigenvalue weighted by molar-refractivity contribution is 5.61. The van der Waals surface area contributed by atoms with Gasteiger partial charge in [0.25, 0.3) is 0 Å². The van der Waals surface area contributed by atoms with Crippen LogP contribution in [-0.2, 0) is 16.6 Å². The van der Waals surface area contributed by atoms with Crippen molar-refractivity contribution in [2.45, 2.75) is 74.7 Å². The van der Waals surface area contributed by atoms with Crippen LogP contribution in [0.25, 0.3) is 0 Å². The van der Waals surface area contributed by atoms with Gasteiger partial charge in [0.05, 0.1) is 17.1 Å². The van der Waals surface area contributed by atoms with Crippen LogP contribution in [0.3, 0.4) is 0 Å². The zero-order chi connectivity index (χ0) is 15.7. The Morgan fingerprint density at radius 1 is 1.21 bits per heavy atom. The fourth-order valence-corrected chi connectivity index (χ4v) is 7.19. The first kappa shape index (κ1) is 13.2. The SMILES string of the molecule is Cc1ccc2c3c1O[C@@H]1[C@@H]4CC[C@]5(O4)[C@H](C2)N(CC2CC2)CC[C@@]315. The number of piperidine rings is 1. The van der Waals surface area contributed by atoms with E-state index in [2.05, 4.69) is 24.0 Å². The van der Waals surface area contributed by atoms with Crippen LogP contribution in [0, 0.1) is 12.8 Å². The largest absolute Gasteiger partial charge is 0.486 e. The zero-order valence-electron chi connectivity index (χ0n) is 14.4. The van der Waals surface area contributed by atoms with Gasteiger partial charge in [-0.2, -0.15) is 0 Å². The number of fused-ring (bicyclic) bond motifs is 2. The summed E-state index contributed by atoms with van der Waals surface area (Å²) in [5.74, 6) is 2.19. The van der Waals surface area contributed by atoms with Crippen molar-refractivity contribution in [2.75, 3.05) is 13.1 Å². The number of benzene rings is 1. The van der Waals surface area contributed by atoms with Gasteiger partial charge in [0, 0.05) is 18.2 Å². The fraction of sp³-hybridized carbons (Fsp3) is 0.714. The number of rotatable bonds is 2. The van der Waals surface area contributed by atoms with E-state index < -0.39 is 0 Å². The molecule has 4 fully saturated rings. The summed E-state index contributed by atoms with van der Waals surface area (Å²) in [4.78, 5) is 2.81. The number of likely N-dealkylation sites (tertiary alicyclic amines) is 1. The Kier molecular flexibility index (Phi) is 2.12. The summed E-state index contributed by atoms with van der Waals surface area (Å²) >= 11 is 0. The second-order valence-electron chi connectivity index (χ2n) is 9.25. The lowest BCUT2D eigenvalue weighted by molar-refractivity contribution is -0.122. The highest BCUT2D eigenvalue weighted by Gasteiger charge is 2.79. The summed E-state index contributed by atoms with van der Waals surface area (Å²) in [6.07, 6.45) is 8.34. The standard InChI is InChI=1S/C21H25NO2/c1-12-2-5-14-10-16-21-7-6-15(24-21)19-20(21,17(14)18(12)23-19)8-9-22(16)11-13-3-4-13/h2,5,13,15-16,19H,3-4,6-11H2,1H3/t15-,16-,19+,20+,21-/m0/s1. The van der Waals surface area contributed by atoms with Gasteiger partial charge in [0.1, 0.15) is 11.9 Å². The first-order valence-corrected chi connectivity index (χ1v) is 9.94. The van der Waals surface area contributed by atoms with Gasteiger partial charge >= 0.3 is 0 Å². The Bertz CT molecular complexity index is 771. The average molecular weight is 323 g/mol. The van der Waals surface area contributed by atoms with E-state index in [1.54, 1.807) is 11.1 Å². The first-order chi connectivity index (χ1) is 11.7. The Morgan fingerprint density at radius 2 is 2.12 bits per heavy atom. The third kappa shape index (κ3) is 1.21. The van der Waals surface area contributed by atoms with Crippen LogP contribution in [0.2, 0.25) is 0 Å². The van der Waals surface area contributed by atoms with Crippen LogP contribution in [0.15, 0.2) is 12.1 Å². The lowest BCUT2D eigenvalue weighted by Gasteiger charge is -2.59. The molecule has 1 aromatic rings. The predicted molar refractivity (Wildman–Crippen MR) is 90.5 cm³/mol. The molecule has 3 nitrogen and oxygen atoms in total. The Morgan fingerprint density at radius 3 is 3.00 bits per heavy atom. The van der Waals surface area contributed by atoms with Crippen molar-refractivity contribution in [3.63, 3.8) is 0 Å². The second kappa shape index (κ2) is 3.86. The van der Waals surface area contributed by atoms with Gasteiger partial charge in [-0.05, 0) is 69.0 Å². The van der Waals surface area contributed by atoms with Crippen molar-refractivity contribution in [2.24, 2.45) is 5.92 Å². The molecule has 0 N–H and O–H groups in total. The highest BCUT2D eigenvalue weighted by atomic mass is 16.6. The van der Waals surface area contributed by atoms with E-state index in [-0.39, 0.29) is 17.1 Å². The van der Waals surface area contributed by atoms with Crippen molar-refractivity contribution >= 4 is 0 Å². The van der Waals surface area contributed by atoms with Crippen LogP contribution in [0.4, 0.5) is 0 Å². The number of hydrogen-bond acceptors (Lipinski definition) is 3. The predicted octanol–water partition coefficient (Wildman–Crippen LogP) is 2.97. The molecule has 7 rings (SSSR count). The summed E-state index contributed by atoms with van der Waals surface area (Å²) in [6.45, 7) is 4.76. The van der Waals surface area contributed by atoms with E-state index in [9.17, 15) is 0 Å². The Hall–Kier alpha value is -1.06. The molecule has 3 heteroatoms. The Labute approximate surface area is 143 Å². The normalized spacial score (nSPS) is 47.0. The van der Waals surface area contributed by atoms with Gasteiger partial charge in [-0.25, -0.2) is 0 Å². The molecule has 0 aromatic heterocycles. The summed E-state index contributed by atoms with van der Waals surface area (Å²) in [7, 11) is 0. The minimum atomic E-state index is 0.0432. The summed E-state index contributed by atoms with van der Waals surface area (Å²) in [5, 5.41) is 0. The minimum Gasteiger partial charge on any atom is -0.486 e. The van der Waals surface area contributed by atoms with Crippen molar-refractivity contribution in [3.8, 4) is 5.75 Å². The zero-order valence-corrected chi connectivity index (χ0v) is 14.4. The Balaban J connectivity index is 1.48. The summed E-state index contributed by atoms with van der Waals surface area (Å²) in [6, 6.07) is 5.26. The molecule has 1 aromatic carbocycles. The molecule has 0 amide bonds. The van der Waals surface area contributed by atoms with Crippen molar-refractivity contribution < 1.29 is 9.47 Å². The monoisotopic (exact) mass is 323 g/mol. The summed E-state index contributed by atoms with van der Waals surface area (Å²) < 4.78 is 13.5. The molecule has 0 radical (unpaired) electrons. The van der Waals surface area contributed by atoms with E-state index in [1.165, 1.54) is 62.9 Å². The molecular formula is C21H25NO2. The molecule has 4 bridgehead atoms. The van der Waals surface area contributed by atoms with Gasteiger partial charge < -0.3 is 9.47 Å². The van der Waals surface area contributed by atoms with E-state index in [0.717, 1.165) is 5.92 Å². The molecule has 3 saturated heterocycles. The van der Waals surface area contributed by atoms with Gasteiger partial charge in [0.15, 0.2) is 0 Å². The van der Waals surface area contributed by atoms with E-state index in [1.807, 2.05) is 0 Å². The van der Waals surface area contributed by atoms with Crippen LogP contribution >= 0.6 is 0 Å². The van der Waals surface area contributed by atoms with Crippen LogP contribution in [-0.4, -0.2) is 41.8 Å². The highest BCUT2D eigenvalue weighted by Crippen LogP contribution is 2.70. The average Bonchev–Trinajstić information content (AvgIpc) is 3.06. The molecule has 5 atom stereocenters. The van der Waals surface area contributed by atoms with Gasteiger partial charge in [-0.15, -0.1) is 0 Å². The maximum atomic E-state index is 6.84. The van der Waals surface area contributed by atoms with Gasteiger partial charge in [-0.1, -0.05) is 12.1 Å². The quantitative estimate of drug-likeness (QED) is 0.835. The van der Waals surface area contributed by atoms with Gasteiger partial charge in [-0.3, -0.25) is 4.90 Å². The first-order valence-electron chi connectivity index (χ1n) is 9.94. The lowest BCUT2D eigenvalue weighted by atomic mass is 9.51. The fourth-order valence-electron chi connectivity index (χ4n) is 7.19. The summed E-state index contributed by atoms with van der Waals surface area (Å²) in [5.41, 5.74) is 4.66. The number of ether oxygens (including phenoxy) is 2. The molecule has 2 aliphatic carbocycles. The van der Waals surface area contributed by atoms with Crippen molar-refractivity contribution in [3.05, 3.63) is 28.8 Å². The molecule has 4 heterocycles. The maximum absolute atomic E-state index is 6.84. The van der Waals surface area contributed by atoms with Crippen LogP contribution in [0.5, 0.6) is 5.75 Å². The molecule has 6 aliphatic rings. The number of nitrogens with zero attached hydrogens (tertiary/aromatic N) is 1. The van der Waals surface area contributed by atoms with Crippen molar-refractivity contribution in [1.82, 2.24) is 4.90 Å². The maximum Gasteiger partial charge on any atom is 0.137 e. The lowest BCUT2D eigenvalue weighted by Crippen LogP contribution is -2.71. The molecule has 2 spiro atoms. The third-order valence-electron chi connectivity index (χ3n) is 8.25. The van der Waals surface area contributed by atoms with E-state index in [0.29, 0.717) is 12.1 Å². The smallest absolute Gasteiger partial charge is 0.137 e. The molecule has 1 saturated carbocycles. The minimum absolute atomic E-state index is 0.0432. The molecule has 24 heavy (non-hydrogen) atoms. The van der Waals surface area contributed by atoms with Crippen LogP contribution in [0.1, 0.15) is 48.8 Å². The molecule has 0 unspecified atom stereocenters. The third-order valence-corrected chi connectivity index (χ3v) is 8.25. The van der Waals surface area contributed by atoms with E-state index >= 15 is 0 Å². The molecule has 126 valence electrons. The van der Waals surface area contributed by atoms with E-state index in [4.69, 9.17) is 9.47 Å². The number of hydrogen-bond donors (Lipinski definition) is 0. The number of aryl methyl sites for hydroxylation is 1. The molecular weight excluding hydrogens is 298 g/mol.